The second-order valence-corrected chi connectivity index (χ2v) is 8.82. The van der Waals surface area contributed by atoms with Crippen LogP contribution in [0.1, 0.15) is 18.9 Å². The molecule has 0 aromatic heterocycles. The number of non-ortho nitro benzene ring substituents is 1. The number of carbonyl (C=O) groups excluding carboxylic acids is 2. The normalized spacial score (nSPS) is 22.0. The van der Waals surface area contributed by atoms with Gasteiger partial charge >= 0.3 is 5.97 Å². The highest BCUT2D eigenvalue weighted by Gasteiger charge is 2.56. The Labute approximate surface area is 179 Å². The van der Waals surface area contributed by atoms with Crippen molar-refractivity contribution in [3.63, 3.8) is 0 Å². The number of amides is 1. The van der Waals surface area contributed by atoms with Crippen LogP contribution in [0.5, 0.6) is 0 Å². The lowest BCUT2D eigenvalue weighted by Crippen LogP contribution is -2.61. The molecule has 0 radical (unpaired) electrons. The van der Waals surface area contributed by atoms with Gasteiger partial charge in [0.05, 0.1) is 23.0 Å². The van der Waals surface area contributed by atoms with E-state index in [9.17, 15) is 24.8 Å². The van der Waals surface area contributed by atoms with E-state index in [4.69, 9.17) is 4.74 Å². The van der Waals surface area contributed by atoms with Gasteiger partial charge in [0.2, 0.25) is 5.91 Å². The van der Waals surface area contributed by atoms with E-state index in [1.807, 2.05) is 0 Å². The monoisotopic (exact) mass is 518 g/mol. The van der Waals surface area contributed by atoms with E-state index in [1.165, 1.54) is 40.9 Å². The number of halogens is 1. The quantitative estimate of drug-likeness (QED) is 0.141. The van der Waals surface area contributed by atoms with Gasteiger partial charge in [-0.25, -0.2) is 4.79 Å². The lowest BCUT2D eigenvalue weighted by atomic mass is 9.83. The Morgan fingerprint density at radius 2 is 2.14 bits per heavy atom. The molecule has 150 valence electrons. The van der Waals surface area contributed by atoms with Crippen molar-refractivity contribution in [1.29, 1.82) is 0 Å². The molecule has 2 aliphatic heterocycles. The number of benzene rings is 1. The number of nitrogens with zero attached hydrogens (tertiary/aromatic N) is 2. The summed E-state index contributed by atoms with van der Waals surface area (Å²) < 4.78 is 6.28. The number of aliphatic hydroxyl groups excluding tert-OH is 1. The largest absolute Gasteiger partial charge is 0.456 e. The molecule has 2 heterocycles. The van der Waals surface area contributed by atoms with Gasteiger partial charge in [0.25, 0.3) is 5.69 Å². The molecule has 2 aliphatic rings. The molecular weight excluding hydrogens is 499 g/mol. The highest BCUT2D eigenvalue weighted by Crippen LogP contribution is 2.47. The molecular formula is C18H19IN2O6S. The summed E-state index contributed by atoms with van der Waals surface area (Å²) in [5.74, 6) is -0.528. The van der Waals surface area contributed by atoms with Crippen molar-refractivity contribution in [2.45, 2.75) is 32.1 Å². The standard InChI is InChI=1S/C18H19IN2O6S/c1-10(22)15-13-8-14(28-7-6-19)16(20(13)17(15)23)18(24)27-9-11-2-4-12(5-3-11)21(25)26/h2-5,10,13,15,22H,6-9H2,1H3/t10-,13?,15+/m1/s1. The van der Waals surface area contributed by atoms with Crippen LogP contribution in [-0.4, -0.2) is 49.1 Å². The first-order valence-electron chi connectivity index (χ1n) is 8.68. The van der Waals surface area contributed by atoms with Crippen LogP contribution in [0.2, 0.25) is 0 Å². The van der Waals surface area contributed by atoms with E-state index < -0.39 is 22.9 Å². The summed E-state index contributed by atoms with van der Waals surface area (Å²) in [6, 6.07) is 5.55. The topological polar surface area (TPSA) is 110 Å². The zero-order valence-corrected chi connectivity index (χ0v) is 18.0. The van der Waals surface area contributed by atoms with Crippen LogP contribution in [0.4, 0.5) is 5.69 Å². The van der Waals surface area contributed by atoms with Crippen molar-refractivity contribution in [1.82, 2.24) is 4.90 Å². The van der Waals surface area contributed by atoms with E-state index >= 15 is 0 Å². The number of fused-ring (bicyclic) bond motifs is 1. The average Bonchev–Trinajstić information content (AvgIpc) is 2.98. The SMILES string of the molecule is C[C@@H](O)[C@@H]1C(=O)N2C(C(=O)OCc3ccc([N+](=O)[O-])cc3)=C(SCCI)CC12. The Bertz CT molecular complexity index is 826. The van der Waals surface area contributed by atoms with Gasteiger partial charge in [0.15, 0.2) is 0 Å². The maximum absolute atomic E-state index is 12.7. The predicted molar refractivity (Wildman–Crippen MR) is 112 cm³/mol. The number of β-lactam (4-membered cyclic amide) rings is 1. The maximum Gasteiger partial charge on any atom is 0.356 e. The number of aliphatic hydroxyl groups is 1. The summed E-state index contributed by atoms with van der Waals surface area (Å²) in [6.45, 7) is 1.54. The van der Waals surface area contributed by atoms with Crippen molar-refractivity contribution in [2.24, 2.45) is 5.92 Å². The van der Waals surface area contributed by atoms with Crippen LogP contribution >= 0.6 is 34.4 Å². The van der Waals surface area contributed by atoms with Crippen molar-refractivity contribution in [2.75, 3.05) is 10.2 Å². The summed E-state index contributed by atoms with van der Waals surface area (Å²) in [5, 5.41) is 20.6. The lowest BCUT2D eigenvalue weighted by Gasteiger charge is -2.44. The smallest absolute Gasteiger partial charge is 0.356 e. The van der Waals surface area contributed by atoms with E-state index in [2.05, 4.69) is 22.6 Å². The number of thioether (sulfide) groups is 1. The molecule has 1 unspecified atom stereocenters. The number of esters is 1. The minimum absolute atomic E-state index is 0.0377. The Morgan fingerprint density at radius 1 is 1.46 bits per heavy atom. The van der Waals surface area contributed by atoms with Gasteiger partial charge in [-0.3, -0.25) is 14.9 Å². The van der Waals surface area contributed by atoms with Gasteiger partial charge in [-0.05, 0) is 24.6 Å². The second kappa shape index (κ2) is 8.78. The Kier molecular flexibility index (Phi) is 6.61. The molecule has 0 saturated carbocycles. The third-order valence-corrected chi connectivity index (χ3v) is 7.14. The fraction of sp³-hybridized carbons (Fsp3) is 0.444. The summed E-state index contributed by atoms with van der Waals surface area (Å²) in [5.41, 5.74) is 0.847. The molecule has 1 N–H and O–H groups in total. The molecule has 1 amide bonds. The molecule has 1 fully saturated rings. The van der Waals surface area contributed by atoms with Gasteiger partial charge < -0.3 is 14.7 Å². The van der Waals surface area contributed by atoms with Crippen LogP contribution in [0.3, 0.4) is 0 Å². The number of nitro benzene ring substituents is 1. The highest BCUT2D eigenvalue weighted by atomic mass is 127. The zero-order chi connectivity index (χ0) is 20.4. The number of alkyl halides is 1. The first-order valence-corrected chi connectivity index (χ1v) is 11.2. The van der Waals surface area contributed by atoms with Gasteiger partial charge in [-0.15, -0.1) is 11.8 Å². The zero-order valence-electron chi connectivity index (χ0n) is 15.0. The molecule has 1 aromatic rings. The van der Waals surface area contributed by atoms with Gasteiger partial charge in [0, 0.05) is 33.6 Å². The van der Waals surface area contributed by atoms with Crippen LogP contribution in [0.15, 0.2) is 34.9 Å². The van der Waals surface area contributed by atoms with Crippen LogP contribution in [-0.2, 0) is 20.9 Å². The van der Waals surface area contributed by atoms with E-state index in [0.717, 1.165) is 15.1 Å². The van der Waals surface area contributed by atoms with Crippen molar-refractivity contribution in [3.8, 4) is 0 Å². The Hall–Kier alpha value is -1.66. The Balaban J connectivity index is 1.72. The fourth-order valence-corrected chi connectivity index (χ4v) is 5.03. The van der Waals surface area contributed by atoms with Crippen LogP contribution in [0.25, 0.3) is 0 Å². The molecule has 8 nitrogen and oxygen atoms in total. The third-order valence-electron chi connectivity index (χ3n) is 4.75. The molecule has 0 aliphatic carbocycles. The number of hydrogen-bond donors (Lipinski definition) is 1. The van der Waals surface area contributed by atoms with Gasteiger partial charge in [-0.1, -0.05) is 22.6 Å². The molecule has 0 spiro atoms. The summed E-state index contributed by atoms with van der Waals surface area (Å²) in [4.78, 5) is 37.6. The number of ether oxygens (including phenoxy) is 1. The number of rotatable bonds is 8. The van der Waals surface area contributed by atoms with Gasteiger partial charge in [-0.2, -0.15) is 0 Å². The molecule has 10 heteroatoms. The molecule has 1 aromatic carbocycles. The number of nitro groups is 1. The van der Waals surface area contributed by atoms with Crippen LogP contribution < -0.4 is 0 Å². The van der Waals surface area contributed by atoms with E-state index in [-0.39, 0.29) is 29.9 Å². The first-order chi connectivity index (χ1) is 13.3. The fourth-order valence-electron chi connectivity index (χ4n) is 3.44. The van der Waals surface area contributed by atoms with Gasteiger partial charge in [0.1, 0.15) is 12.3 Å². The third kappa shape index (κ3) is 4.03. The predicted octanol–water partition coefficient (Wildman–Crippen LogP) is 2.63. The maximum atomic E-state index is 12.7. The molecule has 0 bridgehead atoms. The van der Waals surface area contributed by atoms with E-state index in [1.54, 1.807) is 6.92 Å². The molecule has 28 heavy (non-hydrogen) atoms. The number of hydrogen-bond acceptors (Lipinski definition) is 7. The van der Waals surface area contributed by atoms with Crippen LogP contribution in [0, 0.1) is 16.0 Å². The summed E-state index contributed by atoms with van der Waals surface area (Å²) in [6.07, 6.45) is -0.218. The summed E-state index contributed by atoms with van der Waals surface area (Å²) in [7, 11) is 0. The Morgan fingerprint density at radius 3 is 2.71 bits per heavy atom. The summed E-state index contributed by atoms with van der Waals surface area (Å²) >= 11 is 3.78. The lowest BCUT2D eigenvalue weighted by molar-refractivity contribution is -0.384. The highest BCUT2D eigenvalue weighted by molar-refractivity contribution is 14.1. The van der Waals surface area contributed by atoms with Crippen molar-refractivity contribution < 1.29 is 24.4 Å². The minimum Gasteiger partial charge on any atom is -0.456 e. The number of carbonyl (C=O) groups is 2. The van der Waals surface area contributed by atoms with Crippen molar-refractivity contribution in [3.05, 3.63) is 50.5 Å². The van der Waals surface area contributed by atoms with E-state index in [0.29, 0.717) is 12.0 Å². The molecule has 3 atom stereocenters. The second-order valence-electron chi connectivity index (χ2n) is 6.56. The molecule has 3 rings (SSSR count). The average molecular weight is 518 g/mol. The van der Waals surface area contributed by atoms with Crippen molar-refractivity contribution >= 4 is 51.9 Å². The first kappa shape index (κ1) is 21.1. The molecule has 1 saturated heterocycles. The minimum atomic E-state index is -0.764.